The fourth-order valence-electron chi connectivity index (χ4n) is 1.77. The first-order valence-corrected chi connectivity index (χ1v) is 8.08. The normalized spacial score (nSPS) is 11.9. The molecule has 0 aliphatic rings. The van der Waals surface area contributed by atoms with Gasteiger partial charge >= 0.3 is 0 Å². The Hall–Kier alpha value is -1.71. The number of sulfonamides is 1. The van der Waals surface area contributed by atoms with Crippen molar-refractivity contribution >= 4 is 10.0 Å². The summed E-state index contributed by atoms with van der Waals surface area (Å²) in [6.07, 6.45) is 3.74. The molecule has 0 aliphatic heterocycles. The van der Waals surface area contributed by atoms with Crippen LogP contribution in [0.5, 0.6) is 0 Å². The lowest BCUT2D eigenvalue weighted by molar-refractivity contribution is 0.377. The Bertz CT molecular complexity index is 677. The maximum Gasteiger partial charge on any atom is 0.244 e. The topological polar surface area (TPSA) is 102 Å². The van der Waals surface area contributed by atoms with Crippen LogP contribution >= 0.6 is 0 Å². The van der Waals surface area contributed by atoms with Crippen molar-refractivity contribution < 1.29 is 12.9 Å². The third kappa shape index (κ3) is 4.38. The fraction of sp³-hybridized carbons (Fsp3) is 0.500. The molecule has 0 amide bonds. The molecular weight excluding hydrogens is 294 g/mol. The quantitative estimate of drug-likeness (QED) is 0.678. The predicted molar refractivity (Wildman–Crippen MR) is 76.0 cm³/mol. The van der Waals surface area contributed by atoms with Crippen LogP contribution in [0.15, 0.2) is 27.9 Å². The molecule has 2 aromatic rings. The van der Waals surface area contributed by atoms with Crippen LogP contribution in [-0.4, -0.2) is 36.9 Å². The predicted octanol–water partition coefficient (Wildman–Crippen LogP) is 0.268. The highest BCUT2D eigenvalue weighted by Gasteiger charge is 2.17. The third-order valence-corrected chi connectivity index (χ3v) is 4.20. The van der Waals surface area contributed by atoms with Gasteiger partial charge in [0.2, 0.25) is 10.0 Å². The van der Waals surface area contributed by atoms with Gasteiger partial charge in [0.15, 0.2) is 5.76 Å². The Morgan fingerprint density at radius 3 is 2.90 bits per heavy atom. The van der Waals surface area contributed by atoms with E-state index in [4.69, 9.17) is 4.52 Å². The zero-order chi connectivity index (χ0) is 15.3. The van der Waals surface area contributed by atoms with Gasteiger partial charge in [-0.15, -0.1) is 0 Å². The van der Waals surface area contributed by atoms with Crippen molar-refractivity contribution in [2.45, 2.75) is 31.3 Å². The molecule has 2 heterocycles. The molecule has 2 rings (SSSR count). The van der Waals surface area contributed by atoms with E-state index in [1.807, 2.05) is 7.05 Å². The summed E-state index contributed by atoms with van der Waals surface area (Å²) in [6.45, 7) is 3.35. The first kappa shape index (κ1) is 15.7. The zero-order valence-corrected chi connectivity index (χ0v) is 12.9. The summed E-state index contributed by atoms with van der Waals surface area (Å²) in [5.41, 5.74) is 0.710. The van der Waals surface area contributed by atoms with Crippen LogP contribution in [0.1, 0.15) is 17.9 Å². The van der Waals surface area contributed by atoms with Gasteiger partial charge in [-0.05, 0) is 26.9 Å². The average molecular weight is 313 g/mol. The number of nitrogens with zero attached hydrogens (tertiary/aromatic N) is 3. The number of nitrogens with one attached hydrogen (secondary N) is 2. The molecule has 21 heavy (non-hydrogen) atoms. The Kier molecular flexibility index (Phi) is 5.10. The largest absolute Gasteiger partial charge is 0.360 e. The van der Waals surface area contributed by atoms with Gasteiger partial charge in [-0.3, -0.25) is 4.68 Å². The Morgan fingerprint density at radius 1 is 1.43 bits per heavy atom. The van der Waals surface area contributed by atoms with Crippen molar-refractivity contribution in [2.75, 3.05) is 13.6 Å². The van der Waals surface area contributed by atoms with Crippen molar-refractivity contribution in [3.05, 3.63) is 29.9 Å². The van der Waals surface area contributed by atoms with Crippen LogP contribution in [0.3, 0.4) is 0 Å². The van der Waals surface area contributed by atoms with E-state index in [1.165, 1.54) is 12.4 Å². The summed E-state index contributed by atoms with van der Waals surface area (Å²) in [4.78, 5) is 0.142. The van der Waals surface area contributed by atoms with Crippen molar-refractivity contribution in [3.8, 4) is 0 Å². The van der Waals surface area contributed by atoms with Gasteiger partial charge < -0.3 is 9.84 Å². The Morgan fingerprint density at radius 2 is 2.24 bits per heavy atom. The molecule has 0 bridgehead atoms. The molecule has 0 saturated heterocycles. The van der Waals surface area contributed by atoms with E-state index in [0.717, 1.165) is 13.0 Å². The van der Waals surface area contributed by atoms with Crippen molar-refractivity contribution in [2.24, 2.45) is 0 Å². The van der Waals surface area contributed by atoms with E-state index in [9.17, 15) is 8.42 Å². The first-order valence-electron chi connectivity index (χ1n) is 6.60. The van der Waals surface area contributed by atoms with Crippen molar-refractivity contribution in [1.82, 2.24) is 25.0 Å². The number of hydrogen-bond donors (Lipinski definition) is 2. The maximum atomic E-state index is 12.1. The zero-order valence-electron chi connectivity index (χ0n) is 12.0. The maximum absolute atomic E-state index is 12.1. The summed E-state index contributed by atoms with van der Waals surface area (Å²) in [7, 11) is -1.73. The van der Waals surface area contributed by atoms with Crippen LogP contribution < -0.4 is 10.0 Å². The van der Waals surface area contributed by atoms with Crippen LogP contribution in [0.25, 0.3) is 0 Å². The van der Waals surface area contributed by atoms with E-state index in [1.54, 1.807) is 17.7 Å². The summed E-state index contributed by atoms with van der Waals surface area (Å²) >= 11 is 0. The minimum atomic E-state index is -3.60. The number of aryl methyl sites for hydroxylation is 2. The lowest BCUT2D eigenvalue weighted by atomic mass is 10.4. The summed E-state index contributed by atoms with van der Waals surface area (Å²) < 4.78 is 33.3. The Labute approximate surface area is 123 Å². The fourth-order valence-corrected chi connectivity index (χ4v) is 2.72. The molecule has 0 spiro atoms. The molecule has 8 nitrogen and oxygen atoms in total. The smallest absolute Gasteiger partial charge is 0.244 e. The molecule has 2 N–H and O–H groups in total. The van der Waals surface area contributed by atoms with Crippen LogP contribution in [0.4, 0.5) is 0 Å². The molecule has 116 valence electrons. The van der Waals surface area contributed by atoms with Crippen LogP contribution in [0, 0.1) is 6.92 Å². The van der Waals surface area contributed by atoms with Gasteiger partial charge in [-0.2, -0.15) is 5.10 Å². The van der Waals surface area contributed by atoms with E-state index < -0.39 is 10.0 Å². The third-order valence-electron chi connectivity index (χ3n) is 2.85. The highest BCUT2D eigenvalue weighted by molar-refractivity contribution is 7.89. The lowest BCUT2D eigenvalue weighted by Crippen LogP contribution is -2.22. The van der Waals surface area contributed by atoms with Gasteiger partial charge in [-0.1, -0.05) is 5.16 Å². The molecule has 0 atom stereocenters. The lowest BCUT2D eigenvalue weighted by Gasteiger charge is -2.02. The Balaban J connectivity index is 1.95. The molecule has 9 heteroatoms. The van der Waals surface area contributed by atoms with E-state index in [0.29, 0.717) is 18.0 Å². The molecule has 0 aliphatic carbocycles. The minimum Gasteiger partial charge on any atom is -0.360 e. The molecule has 0 saturated carbocycles. The standard InChI is InChI=1S/C12H19N5O3S/c1-10-6-11(20-16-10)7-15-21(18,19)12-8-14-17(9-12)5-3-4-13-2/h6,8-9,13,15H,3-5,7H2,1-2H3. The van der Waals surface area contributed by atoms with E-state index in [2.05, 4.69) is 20.3 Å². The number of hydrogen-bond acceptors (Lipinski definition) is 6. The minimum absolute atomic E-state index is 0.0636. The molecule has 0 unspecified atom stereocenters. The van der Waals surface area contributed by atoms with E-state index >= 15 is 0 Å². The van der Waals surface area contributed by atoms with Gasteiger partial charge in [0, 0.05) is 18.8 Å². The van der Waals surface area contributed by atoms with Gasteiger partial charge in [0.25, 0.3) is 0 Å². The van der Waals surface area contributed by atoms with E-state index in [-0.39, 0.29) is 11.4 Å². The highest BCUT2D eigenvalue weighted by Crippen LogP contribution is 2.09. The highest BCUT2D eigenvalue weighted by atomic mass is 32.2. The van der Waals surface area contributed by atoms with Crippen molar-refractivity contribution in [1.29, 1.82) is 0 Å². The summed E-state index contributed by atoms with van der Waals surface area (Å²) in [5.74, 6) is 0.470. The number of rotatable bonds is 8. The monoisotopic (exact) mass is 313 g/mol. The van der Waals surface area contributed by atoms with Gasteiger partial charge in [0.1, 0.15) is 4.90 Å². The van der Waals surface area contributed by atoms with Gasteiger partial charge in [0.05, 0.1) is 18.4 Å². The van der Waals surface area contributed by atoms with Crippen molar-refractivity contribution in [3.63, 3.8) is 0 Å². The van der Waals surface area contributed by atoms with Gasteiger partial charge in [-0.25, -0.2) is 13.1 Å². The van der Waals surface area contributed by atoms with Crippen LogP contribution in [0.2, 0.25) is 0 Å². The number of aromatic nitrogens is 3. The second-order valence-electron chi connectivity index (χ2n) is 4.66. The van der Waals surface area contributed by atoms with Crippen LogP contribution in [-0.2, 0) is 23.1 Å². The molecule has 0 radical (unpaired) electrons. The first-order chi connectivity index (χ1) is 10.0. The summed E-state index contributed by atoms with van der Waals surface area (Å²) in [5, 5.41) is 10.8. The molecule has 0 aromatic carbocycles. The molecule has 2 aromatic heterocycles. The summed E-state index contributed by atoms with van der Waals surface area (Å²) in [6, 6.07) is 1.68. The average Bonchev–Trinajstić information content (AvgIpc) is 3.06. The molecular formula is C12H19N5O3S. The second-order valence-corrected chi connectivity index (χ2v) is 6.42. The SMILES string of the molecule is CNCCCn1cc(S(=O)(=O)NCc2cc(C)no2)cn1. The second kappa shape index (κ2) is 6.83. The molecule has 0 fully saturated rings.